The summed E-state index contributed by atoms with van der Waals surface area (Å²) in [6.07, 6.45) is -3.62. The van der Waals surface area contributed by atoms with Gasteiger partial charge in [-0.05, 0) is 40.8 Å². The Bertz CT molecular complexity index is 1030. The van der Waals surface area contributed by atoms with Gasteiger partial charge in [0.1, 0.15) is 0 Å². The third-order valence-corrected chi connectivity index (χ3v) is 4.83. The molecule has 0 bridgehead atoms. The fourth-order valence-electron chi connectivity index (χ4n) is 3.58. The smallest absolute Gasteiger partial charge is 0.343 e. The average molecular weight is 355 g/mol. The number of benzene rings is 2. The van der Waals surface area contributed by atoms with Gasteiger partial charge in [-0.3, -0.25) is 0 Å². The zero-order chi connectivity index (χ0) is 18.3. The van der Waals surface area contributed by atoms with Crippen molar-refractivity contribution in [1.82, 2.24) is 9.88 Å². The highest BCUT2D eigenvalue weighted by atomic mass is 19.4. The van der Waals surface area contributed by atoms with Gasteiger partial charge < -0.3 is 9.88 Å². The monoisotopic (exact) mass is 355 g/mol. The number of fused-ring (bicyclic) bond motifs is 3. The van der Waals surface area contributed by atoms with Gasteiger partial charge in [-0.1, -0.05) is 18.2 Å². The minimum Gasteiger partial charge on any atom is -0.343 e. The number of rotatable bonds is 1. The Morgan fingerprint density at radius 2 is 1.88 bits per heavy atom. The lowest BCUT2D eigenvalue weighted by Crippen LogP contribution is -2.17. The average Bonchev–Trinajstić information content (AvgIpc) is 2.80. The van der Waals surface area contributed by atoms with E-state index in [0.29, 0.717) is 5.56 Å². The first-order valence-electron chi connectivity index (χ1n) is 8.42. The summed E-state index contributed by atoms with van der Waals surface area (Å²) in [6.45, 7) is 2.53. The Hall–Kier alpha value is -2.78. The summed E-state index contributed by atoms with van der Waals surface area (Å²) < 4.78 is 42.7. The minimum atomic E-state index is -4.52. The summed E-state index contributed by atoms with van der Waals surface area (Å²) >= 11 is 0. The number of nitrogens with one attached hydrogen (secondary N) is 1. The molecule has 0 atom stereocenters. The van der Waals surface area contributed by atoms with Crippen LogP contribution in [0.5, 0.6) is 0 Å². The van der Waals surface area contributed by atoms with Crippen LogP contribution < -0.4 is 5.32 Å². The van der Waals surface area contributed by atoms with E-state index in [1.54, 1.807) is 12.1 Å². The summed E-state index contributed by atoms with van der Waals surface area (Å²) in [5.74, 6) is 0. The molecule has 0 radical (unpaired) electrons. The van der Waals surface area contributed by atoms with Gasteiger partial charge in [0.25, 0.3) is 0 Å². The maximum atomic E-state index is 13.5. The van der Waals surface area contributed by atoms with Crippen LogP contribution in [0.3, 0.4) is 0 Å². The normalized spacial score (nSPS) is 14.7. The van der Waals surface area contributed by atoms with Crippen LogP contribution in [0.25, 0.3) is 22.0 Å². The molecular weight excluding hydrogens is 339 g/mol. The van der Waals surface area contributed by atoms with Crippen LogP contribution in [0.4, 0.5) is 13.2 Å². The van der Waals surface area contributed by atoms with Gasteiger partial charge in [0.05, 0.1) is 17.2 Å². The lowest BCUT2D eigenvalue weighted by Gasteiger charge is -2.14. The highest BCUT2D eigenvalue weighted by Crippen LogP contribution is 2.38. The van der Waals surface area contributed by atoms with E-state index in [9.17, 15) is 13.2 Å². The Morgan fingerprint density at radius 3 is 2.65 bits per heavy atom. The molecule has 0 unspecified atom stereocenters. The standard InChI is InChI=1S/C20H16F3N3/c21-20(22,23)18-9-13(12-24)1-4-17(18)14-2-3-15-10-16-5-6-25-7-8-26(16)19(15)11-14/h1-4,9-11,25H,5-8H2. The maximum Gasteiger partial charge on any atom is 0.417 e. The third kappa shape index (κ3) is 2.85. The first kappa shape index (κ1) is 16.7. The van der Waals surface area contributed by atoms with Crippen LogP contribution in [0, 0.1) is 11.3 Å². The van der Waals surface area contributed by atoms with E-state index >= 15 is 0 Å². The summed E-state index contributed by atoms with van der Waals surface area (Å²) in [5, 5.41) is 13.3. The molecule has 3 aromatic rings. The topological polar surface area (TPSA) is 40.8 Å². The van der Waals surface area contributed by atoms with Crippen molar-refractivity contribution >= 4 is 10.9 Å². The number of alkyl halides is 3. The number of nitrogens with zero attached hydrogens (tertiary/aromatic N) is 2. The van der Waals surface area contributed by atoms with Crippen molar-refractivity contribution in [3.05, 3.63) is 59.3 Å². The van der Waals surface area contributed by atoms with Crippen LogP contribution >= 0.6 is 0 Å². The molecule has 1 aliphatic heterocycles. The van der Waals surface area contributed by atoms with E-state index in [4.69, 9.17) is 5.26 Å². The summed E-state index contributed by atoms with van der Waals surface area (Å²) in [7, 11) is 0. The SMILES string of the molecule is N#Cc1ccc(-c2ccc3cc4n(c3c2)CCNCC4)c(C(F)(F)F)c1. The molecule has 0 aliphatic carbocycles. The molecule has 2 heterocycles. The summed E-state index contributed by atoms with van der Waals surface area (Å²) in [4.78, 5) is 0. The Labute approximate surface area is 148 Å². The second-order valence-corrected chi connectivity index (χ2v) is 6.43. The first-order valence-corrected chi connectivity index (χ1v) is 8.42. The van der Waals surface area contributed by atoms with Gasteiger partial charge >= 0.3 is 6.18 Å². The molecule has 6 heteroatoms. The van der Waals surface area contributed by atoms with Gasteiger partial charge in [-0.25, -0.2) is 0 Å². The van der Waals surface area contributed by atoms with Crippen LogP contribution in [0.1, 0.15) is 16.8 Å². The number of hydrogen-bond donors (Lipinski definition) is 1. The Morgan fingerprint density at radius 1 is 1.04 bits per heavy atom. The number of aromatic nitrogens is 1. The molecule has 1 aromatic heterocycles. The molecule has 0 spiro atoms. The van der Waals surface area contributed by atoms with Crippen molar-refractivity contribution in [3.63, 3.8) is 0 Å². The molecule has 0 amide bonds. The molecule has 0 fully saturated rings. The molecule has 1 N–H and O–H groups in total. The molecular formula is C20H16F3N3. The second-order valence-electron chi connectivity index (χ2n) is 6.43. The van der Waals surface area contributed by atoms with Crippen LogP contribution in [0.15, 0.2) is 42.5 Å². The van der Waals surface area contributed by atoms with Crippen LogP contribution in [-0.4, -0.2) is 17.7 Å². The van der Waals surface area contributed by atoms with Gasteiger partial charge in [-0.15, -0.1) is 0 Å². The van der Waals surface area contributed by atoms with Crippen molar-refractivity contribution in [1.29, 1.82) is 5.26 Å². The molecule has 1 aliphatic rings. The van der Waals surface area contributed by atoms with Gasteiger partial charge in [0.2, 0.25) is 0 Å². The molecule has 0 saturated carbocycles. The van der Waals surface area contributed by atoms with Crippen molar-refractivity contribution < 1.29 is 13.2 Å². The lowest BCUT2D eigenvalue weighted by molar-refractivity contribution is -0.137. The second kappa shape index (κ2) is 6.19. The highest BCUT2D eigenvalue weighted by Gasteiger charge is 2.34. The van der Waals surface area contributed by atoms with Crippen LogP contribution in [-0.2, 0) is 19.1 Å². The van der Waals surface area contributed by atoms with Crippen molar-refractivity contribution in [2.75, 3.05) is 13.1 Å². The lowest BCUT2D eigenvalue weighted by atomic mass is 9.96. The highest BCUT2D eigenvalue weighted by molar-refractivity contribution is 5.87. The third-order valence-electron chi connectivity index (χ3n) is 4.83. The Kier molecular flexibility index (Phi) is 3.97. The largest absolute Gasteiger partial charge is 0.417 e. The van der Waals surface area contributed by atoms with Crippen molar-refractivity contribution in [2.24, 2.45) is 0 Å². The maximum absolute atomic E-state index is 13.5. The number of nitriles is 1. The van der Waals surface area contributed by atoms with Gasteiger partial charge in [0.15, 0.2) is 0 Å². The number of halogens is 3. The molecule has 3 nitrogen and oxygen atoms in total. The van der Waals surface area contributed by atoms with Crippen molar-refractivity contribution in [2.45, 2.75) is 19.1 Å². The quantitative estimate of drug-likeness (QED) is 0.705. The van der Waals surface area contributed by atoms with E-state index in [1.165, 1.54) is 17.8 Å². The first-order chi connectivity index (χ1) is 12.5. The molecule has 0 saturated heterocycles. The Balaban J connectivity index is 1.90. The van der Waals surface area contributed by atoms with Gasteiger partial charge in [-0.2, -0.15) is 18.4 Å². The van der Waals surface area contributed by atoms with Crippen LogP contribution in [0.2, 0.25) is 0 Å². The molecule has 26 heavy (non-hydrogen) atoms. The fraction of sp³-hybridized carbons (Fsp3) is 0.250. The molecule has 2 aromatic carbocycles. The fourth-order valence-corrected chi connectivity index (χ4v) is 3.58. The van der Waals surface area contributed by atoms with E-state index in [-0.39, 0.29) is 11.1 Å². The zero-order valence-electron chi connectivity index (χ0n) is 13.9. The summed E-state index contributed by atoms with van der Waals surface area (Å²) in [6, 6.07) is 13.0. The van der Waals surface area contributed by atoms with E-state index in [2.05, 4.69) is 16.0 Å². The predicted octanol–water partition coefficient (Wildman–Crippen LogP) is 4.34. The predicted molar refractivity (Wildman–Crippen MR) is 93.7 cm³/mol. The minimum absolute atomic E-state index is 0.00443. The van der Waals surface area contributed by atoms with Gasteiger partial charge in [0, 0.05) is 37.3 Å². The van der Waals surface area contributed by atoms with E-state index in [0.717, 1.165) is 43.0 Å². The summed E-state index contributed by atoms with van der Waals surface area (Å²) in [5.41, 5.74) is 1.97. The molecule has 4 rings (SSSR count). The zero-order valence-corrected chi connectivity index (χ0v) is 13.9. The number of hydrogen-bond acceptors (Lipinski definition) is 2. The van der Waals surface area contributed by atoms with Crippen molar-refractivity contribution in [3.8, 4) is 17.2 Å². The molecule has 132 valence electrons. The van der Waals surface area contributed by atoms with E-state index in [1.807, 2.05) is 12.1 Å². The van der Waals surface area contributed by atoms with E-state index < -0.39 is 11.7 Å².